The van der Waals surface area contributed by atoms with E-state index >= 15 is 0 Å². The van der Waals surface area contributed by atoms with Crippen LogP contribution in [0.2, 0.25) is 0 Å². The summed E-state index contributed by atoms with van der Waals surface area (Å²) in [6.07, 6.45) is 7.17. The molecule has 0 spiro atoms. The molecule has 5 heterocycles. The Morgan fingerprint density at radius 1 is 1.35 bits per heavy atom. The number of nitrogens with one attached hydrogen (secondary N) is 2. The molecule has 194 valence electrons. The van der Waals surface area contributed by atoms with Gasteiger partial charge >= 0.3 is 5.97 Å². The molecule has 0 saturated carbocycles. The van der Waals surface area contributed by atoms with E-state index < -0.39 is 29.2 Å². The Morgan fingerprint density at radius 3 is 2.84 bits per heavy atom. The normalized spacial score (nSPS) is 22.5. The fourth-order valence-corrected chi connectivity index (χ4v) is 5.86. The van der Waals surface area contributed by atoms with Gasteiger partial charge in [0.05, 0.1) is 7.11 Å². The number of hydrogen-bond acceptors (Lipinski definition) is 14. The number of allylic oxidation sites excluding steroid dienone is 2. The van der Waals surface area contributed by atoms with E-state index in [4.69, 9.17) is 15.3 Å². The summed E-state index contributed by atoms with van der Waals surface area (Å²) in [7, 11) is 2.80. The van der Waals surface area contributed by atoms with Crippen molar-refractivity contribution < 1.29 is 29.1 Å². The van der Waals surface area contributed by atoms with E-state index in [9.17, 15) is 19.5 Å². The summed E-state index contributed by atoms with van der Waals surface area (Å²) >= 11 is 2.23. The minimum atomic E-state index is -1.22. The second-order valence-corrected chi connectivity index (χ2v) is 9.75. The van der Waals surface area contributed by atoms with E-state index in [1.807, 2.05) is 11.0 Å². The summed E-state index contributed by atoms with van der Waals surface area (Å²) in [6.45, 7) is 0.250. The number of hydrogen-bond donors (Lipinski definition) is 4. The molecule has 1 saturated heterocycles. The Kier molecular flexibility index (Phi) is 6.38. The number of amides is 2. The zero-order valence-corrected chi connectivity index (χ0v) is 21.1. The molecule has 2 amide bonds. The first-order valence-corrected chi connectivity index (χ1v) is 12.5. The average molecular weight is 548 g/mol. The van der Waals surface area contributed by atoms with E-state index in [0.29, 0.717) is 17.2 Å². The topological polar surface area (TPSA) is 188 Å². The van der Waals surface area contributed by atoms with Crippen LogP contribution in [0.15, 0.2) is 52.7 Å². The number of thioether (sulfide) groups is 1. The van der Waals surface area contributed by atoms with Gasteiger partial charge in [-0.3, -0.25) is 19.9 Å². The predicted octanol–water partition coefficient (Wildman–Crippen LogP) is -0.854. The SMILES string of the molecule is CO/N=C(\C(=O)N[C@@H]1C(=O)N2C(C(=O)O)=C(CN3C=CN4NC(OC)=CC=C34)CS[C@@H]12)c1nsc(N)n1. The predicted molar refractivity (Wildman–Crippen MR) is 132 cm³/mol. The molecule has 37 heavy (non-hydrogen) atoms. The van der Waals surface area contributed by atoms with Crippen molar-refractivity contribution in [2.45, 2.75) is 11.4 Å². The van der Waals surface area contributed by atoms with Crippen LogP contribution < -0.4 is 16.5 Å². The van der Waals surface area contributed by atoms with E-state index in [0.717, 1.165) is 17.4 Å². The van der Waals surface area contributed by atoms with Crippen LogP contribution in [0, 0.1) is 0 Å². The van der Waals surface area contributed by atoms with Crippen molar-refractivity contribution in [3.63, 3.8) is 0 Å². The van der Waals surface area contributed by atoms with Crippen molar-refractivity contribution in [2.24, 2.45) is 5.16 Å². The van der Waals surface area contributed by atoms with Crippen LogP contribution >= 0.6 is 23.3 Å². The molecule has 15 nitrogen and oxygen atoms in total. The monoisotopic (exact) mass is 547 g/mol. The first kappa shape index (κ1) is 24.4. The van der Waals surface area contributed by atoms with E-state index in [1.54, 1.807) is 30.6 Å². The Labute approximate surface area is 218 Å². The van der Waals surface area contributed by atoms with Gasteiger partial charge in [-0.2, -0.15) is 9.36 Å². The number of nitrogens with zero attached hydrogens (tertiary/aromatic N) is 6. The molecule has 1 aromatic rings. The lowest BCUT2D eigenvalue weighted by Gasteiger charge is -2.49. The maximum atomic E-state index is 13.0. The molecule has 0 unspecified atom stereocenters. The van der Waals surface area contributed by atoms with Gasteiger partial charge in [0.15, 0.2) is 5.13 Å². The Morgan fingerprint density at radius 2 is 2.16 bits per heavy atom. The number of aromatic nitrogens is 2. The summed E-state index contributed by atoms with van der Waals surface area (Å²) in [5, 5.41) is 17.5. The van der Waals surface area contributed by atoms with Gasteiger partial charge in [-0.15, -0.1) is 11.8 Å². The third-order valence-electron chi connectivity index (χ3n) is 5.72. The molecule has 1 fully saturated rings. The molecule has 1 aromatic heterocycles. The first-order valence-electron chi connectivity index (χ1n) is 10.7. The van der Waals surface area contributed by atoms with Gasteiger partial charge < -0.3 is 30.6 Å². The Balaban J connectivity index is 1.33. The number of nitrogen functional groups attached to an aromatic ring is 1. The molecule has 0 aliphatic carbocycles. The molecule has 4 aliphatic heterocycles. The number of carboxylic acid groups (broad SMARTS) is 1. The zero-order chi connectivity index (χ0) is 26.3. The first-order chi connectivity index (χ1) is 17.8. The number of carbonyl (C=O) groups is 3. The number of rotatable bonds is 8. The number of carbonyl (C=O) groups excluding carboxylic acids is 2. The fourth-order valence-electron chi connectivity index (χ4n) is 4.09. The number of β-lactam (4-membered cyclic amide) rings is 1. The number of aliphatic carboxylic acids is 1. The van der Waals surface area contributed by atoms with Crippen molar-refractivity contribution in [1.82, 2.24) is 34.9 Å². The molecule has 0 bridgehead atoms. The highest BCUT2D eigenvalue weighted by Crippen LogP contribution is 2.41. The van der Waals surface area contributed by atoms with Gasteiger partial charge in [0.2, 0.25) is 17.4 Å². The Hall–Kier alpha value is -4.25. The number of hydrazine groups is 1. The number of oxime groups is 1. The van der Waals surface area contributed by atoms with Crippen molar-refractivity contribution >= 4 is 51.9 Å². The molecular formula is C20H21N9O6S2. The van der Waals surface area contributed by atoms with Crippen molar-refractivity contribution in [2.75, 3.05) is 32.3 Å². The Bertz CT molecular complexity index is 1320. The van der Waals surface area contributed by atoms with E-state index in [1.165, 1.54) is 23.8 Å². The summed E-state index contributed by atoms with van der Waals surface area (Å²) in [4.78, 5) is 49.9. The van der Waals surface area contributed by atoms with Crippen molar-refractivity contribution in [1.29, 1.82) is 0 Å². The zero-order valence-electron chi connectivity index (χ0n) is 19.4. The number of nitrogens with two attached hydrogens (primary N) is 1. The smallest absolute Gasteiger partial charge is 0.352 e. The molecule has 0 radical (unpaired) electrons. The van der Waals surface area contributed by atoms with Crippen molar-refractivity contribution in [3.05, 3.63) is 53.4 Å². The lowest BCUT2D eigenvalue weighted by atomic mass is 10.0. The quantitative estimate of drug-likeness (QED) is 0.179. The van der Waals surface area contributed by atoms with Gasteiger partial charge in [0.1, 0.15) is 30.0 Å². The molecule has 0 aromatic carbocycles. The van der Waals surface area contributed by atoms with Gasteiger partial charge in [-0.25, -0.2) is 9.80 Å². The number of carboxylic acids is 1. The lowest BCUT2D eigenvalue weighted by Crippen LogP contribution is -2.71. The molecule has 5 N–H and O–H groups in total. The van der Waals surface area contributed by atoms with Crippen LogP contribution in [-0.2, 0) is 24.0 Å². The second kappa shape index (κ2) is 9.66. The lowest BCUT2D eigenvalue weighted by molar-refractivity contribution is -0.150. The highest BCUT2D eigenvalue weighted by atomic mass is 32.2. The van der Waals surface area contributed by atoms with Crippen LogP contribution in [0.4, 0.5) is 5.13 Å². The number of fused-ring (bicyclic) bond motifs is 2. The summed E-state index contributed by atoms with van der Waals surface area (Å²) in [5.74, 6) is -0.882. The number of ether oxygens (including phenoxy) is 1. The molecular weight excluding hydrogens is 526 g/mol. The van der Waals surface area contributed by atoms with Gasteiger partial charge in [0.25, 0.3) is 11.8 Å². The minimum absolute atomic E-state index is 0.0399. The molecule has 2 atom stereocenters. The second-order valence-electron chi connectivity index (χ2n) is 7.86. The highest BCUT2D eigenvalue weighted by Gasteiger charge is 2.54. The number of methoxy groups -OCH3 is 1. The highest BCUT2D eigenvalue weighted by molar-refractivity contribution is 8.00. The third-order valence-corrected chi connectivity index (χ3v) is 7.60. The van der Waals surface area contributed by atoms with Gasteiger partial charge in [-0.05, 0) is 11.6 Å². The maximum Gasteiger partial charge on any atom is 0.352 e. The van der Waals surface area contributed by atoms with Crippen LogP contribution in [0.25, 0.3) is 0 Å². The van der Waals surface area contributed by atoms with E-state index in [-0.39, 0.29) is 28.9 Å². The maximum absolute atomic E-state index is 13.0. The summed E-state index contributed by atoms with van der Waals surface area (Å²) in [6, 6.07) is -0.962. The fraction of sp³-hybridized carbons (Fsp3) is 0.300. The van der Waals surface area contributed by atoms with Gasteiger partial charge in [0, 0.05) is 42.3 Å². The molecule has 4 aliphatic rings. The third kappa shape index (κ3) is 4.31. The summed E-state index contributed by atoms with van der Waals surface area (Å²) < 4.78 is 9.15. The van der Waals surface area contributed by atoms with Crippen LogP contribution in [-0.4, -0.2) is 90.7 Å². The molecule has 17 heteroatoms. The number of anilines is 1. The average Bonchev–Trinajstić information content (AvgIpc) is 3.50. The van der Waals surface area contributed by atoms with E-state index in [2.05, 4.69) is 25.3 Å². The van der Waals surface area contributed by atoms with Crippen LogP contribution in [0.5, 0.6) is 0 Å². The minimum Gasteiger partial charge on any atom is -0.481 e. The molecule has 5 rings (SSSR count). The standard InChI is InChI=1S/C20H21N9O6S2/c1-34-10-3-4-11-27(5-6-28(11)24-10)7-9-8-36-18-13(17(31)29(18)14(9)19(32)33)22-16(30)12(25-35-2)15-23-20(21)37-26-15/h3-6,13,18,24H,7-8H2,1-2H3,(H,22,30)(H,32,33)(H2,21,23,26)/b25-12-/t13-,18+/m1/s1. The van der Waals surface area contributed by atoms with Crippen LogP contribution in [0.3, 0.4) is 0 Å². The summed E-state index contributed by atoms with van der Waals surface area (Å²) in [5.41, 5.74) is 8.86. The largest absolute Gasteiger partial charge is 0.481 e. The van der Waals surface area contributed by atoms with Crippen molar-refractivity contribution in [3.8, 4) is 0 Å². The van der Waals surface area contributed by atoms with Crippen LogP contribution in [0.1, 0.15) is 5.82 Å². The van der Waals surface area contributed by atoms with Gasteiger partial charge in [-0.1, -0.05) is 5.16 Å².